The smallest absolute Gasteiger partial charge is 0.407 e. The Kier molecular flexibility index (Phi) is 3.95. The van der Waals surface area contributed by atoms with E-state index in [1.807, 2.05) is 20.8 Å². The van der Waals surface area contributed by atoms with Crippen LogP contribution in [0.1, 0.15) is 33.6 Å². The van der Waals surface area contributed by atoms with Crippen molar-refractivity contribution in [3.05, 3.63) is 0 Å². The fraction of sp³-hybridized carbons (Fsp3) is 0.857. The highest BCUT2D eigenvalue weighted by Gasteiger charge is 2.59. The first kappa shape index (κ1) is 15.1. The molecule has 2 N–H and O–H groups in total. The minimum atomic E-state index is -0.540. The number of alkyl carbamates (subject to hydrolysis) is 1. The third-order valence-electron chi connectivity index (χ3n) is 4.12. The summed E-state index contributed by atoms with van der Waals surface area (Å²) in [7, 11) is 1.39. The minimum absolute atomic E-state index is 0.0627. The first-order valence-electron chi connectivity index (χ1n) is 7.05. The summed E-state index contributed by atoms with van der Waals surface area (Å²) in [5.41, 5.74) is -0.603. The van der Waals surface area contributed by atoms with Crippen molar-refractivity contribution in [2.75, 3.05) is 20.2 Å². The first-order chi connectivity index (χ1) is 9.27. The van der Waals surface area contributed by atoms with Crippen molar-refractivity contribution < 1.29 is 19.1 Å². The van der Waals surface area contributed by atoms with E-state index in [0.29, 0.717) is 0 Å². The van der Waals surface area contributed by atoms with Crippen molar-refractivity contribution in [2.24, 2.45) is 11.3 Å². The van der Waals surface area contributed by atoms with Gasteiger partial charge in [0.25, 0.3) is 0 Å². The number of esters is 1. The highest BCUT2D eigenvalue weighted by molar-refractivity contribution is 5.78. The average Bonchev–Trinajstić information content (AvgIpc) is 2.76. The normalized spacial score (nSPS) is 32.6. The van der Waals surface area contributed by atoms with Crippen LogP contribution in [0.3, 0.4) is 0 Å². The number of rotatable bonds is 2. The molecule has 114 valence electrons. The Morgan fingerprint density at radius 1 is 1.35 bits per heavy atom. The van der Waals surface area contributed by atoms with E-state index in [1.54, 1.807) is 0 Å². The topological polar surface area (TPSA) is 76.7 Å². The molecule has 6 heteroatoms. The molecule has 20 heavy (non-hydrogen) atoms. The van der Waals surface area contributed by atoms with E-state index in [-0.39, 0.29) is 23.3 Å². The molecule has 1 saturated heterocycles. The van der Waals surface area contributed by atoms with Crippen molar-refractivity contribution in [3.8, 4) is 0 Å². The molecule has 1 spiro atoms. The lowest BCUT2D eigenvalue weighted by Gasteiger charge is -2.51. The Labute approximate surface area is 119 Å². The molecule has 0 aromatic heterocycles. The second kappa shape index (κ2) is 5.24. The van der Waals surface area contributed by atoms with Gasteiger partial charge in [-0.05, 0) is 40.2 Å². The highest BCUT2D eigenvalue weighted by Crippen LogP contribution is 2.51. The summed E-state index contributed by atoms with van der Waals surface area (Å²) in [6.07, 6.45) is 1.26. The fourth-order valence-electron chi connectivity index (χ4n) is 3.29. The SMILES string of the molecule is COC(=O)C1C(NC(=O)OC(C)(C)C)CC12CCNC2. The molecule has 0 aromatic rings. The van der Waals surface area contributed by atoms with E-state index in [4.69, 9.17) is 9.47 Å². The number of hydrogen-bond donors (Lipinski definition) is 2. The molecule has 1 aliphatic heterocycles. The summed E-state index contributed by atoms with van der Waals surface area (Å²) in [6.45, 7) is 7.15. The van der Waals surface area contributed by atoms with Gasteiger partial charge < -0.3 is 20.1 Å². The largest absolute Gasteiger partial charge is 0.469 e. The van der Waals surface area contributed by atoms with Gasteiger partial charge in [0.05, 0.1) is 13.0 Å². The molecule has 1 saturated carbocycles. The number of methoxy groups -OCH3 is 1. The molecule has 0 bridgehead atoms. The van der Waals surface area contributed by atoms with Crippen LogP contribution in [0.15, 0.2) is 0 Å². The average molecular weight is 284 g/mol. The molecule has 2 fully saturated rings. The molecule has 0 radical (unpaired) electrons. The van der Waals surface area contributed by atoms with Gasteiger partial charge in [0.2, 0.25) is 0 Å². The number of hydrogen-bond acceptors (Lipinski definition) is 5. The molecule has 1 amide bonds. The maximum absolute atomic E-state index is 12.0. The van der Waals surface area contributed by atoms with Gasteiger partial charge in [-0.1, -0.05) is 0 Å². The Morgan fingerprint density at radius 3 is 2.55 bits per heavy atom. The highest BCUT2D eigenvalue weighted by atomic mass is 16.6. The standard InChI is InChI=1S/C14H24N2O4/c1-13(2,3)20-12(18)16-9-7-14(5-6-15-8-14)10(9)11(17)19-4/h9-10,15H,5-8H2,1-4H3,(H,16,18). The lowest BCUT2D eigenvalue weighted by molar-refractivity contribution is -0.160. The van der Waals surface area contributed by atoms with Crippen LogP contribution < -0.4 is 10.6 Å². The number of amides is 1. The lowest BCUT2D eigenvalue weighted by Crippen LogP contribution is -2.63. The summed E-state index contributed by atoms with van der Waals surface area (Å²) in [4.78, 5) is 23.8. The summed E-state index contributed by atoms with van der Waals surface area (Å²) in [5.74, 6) is -0.531. The maximum Gasteiger partial charge on any atom is 0.407 e. The van der Waals surface area contributed by atoms with Crippen molar-refractivity contribution in [3.63, 3.8) is 0 Å². The third kappa shape index (κ3) is 2.90. The van der Waals surface area contributed by atoms with E-state index >= 15 is 0 Å². The Balaban J connectivity index is 1.99. The van der Waals surface area contributed by atoms with Crippen molar-refractivity contribution in [2.45, 2.75) is 45.3 Å². The summed E-state index contributed by atoms with van der Waals surface area (Å²) < 4.78 is 10.1. The van der Waals surface area contributed by atoms with Crippen LogP contribution in [0.4, 0.5) is 4.79 Å². The van der Waals surface area contributed by atoms with E-state index in [2.05, 4.69) is 10.6 Å². The third-order valence-corrected chi connectivity index (χ3v) is 4.12. The molecule has 6 nitrogen and oxygen atoms in total. The van der Waals surface area contributed by atoms with E-state index in [9.17, 15) is 9.59 Å². The van der Waals surface area contributed by atoms with E-state index < -0.39 is 11.7 Å². The number of ether oxygens (including phenoxy) is 2. The molecule has 0 aromatic carbocycles. The number of nitrogens with one attached hydrogen (secondary N) is 2. The van der Waals surface area contributed by atoms with Gasteiger partial charge in [0.15, 0.2) is 0 Å². The van der Waals surface area contributed by atoms with Crippen LogP contribution in [0.25, 0.3) is 0 Å². The molecule has 1 aliphatic carbocycles. The zero-order valence-corrected chi connectivity index (χ0v) is 12.6. The Hall–Kier alpha value is -1.30. The van der Waals surface area contributed by atoms with Gasteiger partial charge in [0.1, 0.15) is 5.60 Å². The van der Waals surface area contributed by atoms with Crippen molar-refractivity contribution in [1.29, 1.82) is 0 Å². The first-order valence-corrected chi connectivity index (χ1v) is 7.05. The van der Waals surface area contributed by atoms with Gasteiger partial charge >= 0.3 is 12.1 Å². The van der Waals surface area contributed by atoms with Gasteiger partial charge in [-0.2, -0.15) is 0 Å². The van der Waals surface area contributed by atoms with Crippen LogP contribution in [0.5, 0.6) is 0 Å². The van der Waals surface area contributed by atoms with E-state index in [1.165, 1.54) is 7.11 Å². The van der Waals surface area contributed by atoms with Gasteiger partial charge in [-0.25, -0.2) is 4.79 Å². The fourth-order valence-corrected chi connectivity index (χ4v) is 3.29. The van der Waals surface area contributed by atoms with Crippen LogP contribution in [0, 0.1) is 11.3 Å². The molecule has 2 rings (SSSR count). The van der Waals surface area contributed by atoms with Crippen LogP contribution in [-0.2, 0) is 14.3 Å². The molecular formula is C14H24N2O4. The maximum atomic E-state index is 12.0. The number of carbonyl (C=O) groups is 2. The number of carbonyl (C=O) groups excluding carboxylic acids is 2. The van der Waals surface area contributed by atoms with Crippen LogP contribution >= 0.6 is 0 Å². The molecular weight excluding hydrogens is 260 g/mol. The summed E-state index contributed by atoms with van der Waals surface area (Å²) >= 11 is 0. The monoisotopic (exact) mass is 284 g/mol. The molecule has 3 unspecified atom stereocenters. The Morgan fingerprint density at radius 2 is 2.05 bits per heavy atom. The lowest BCUT2D eigenvalue weighted by atomic mass is 9.56. The quantitative estimate of drug-likeness (QED) is 0.741. The van der Waals surface area contributed by atoms with Crippen molar-refractivity contribution in [1.82, 2.24) is 10.6 Å². The summed E-state index contributed by atoms with van der Waals surface area (Å²) in [5, 5.41) is 6.08. The van der Waals surface area contributed by atoms with Gasteiger partial charge in [-0.3, -0.25) is 4.79 Å². The predicted molar refractivity (Wildman–Crippen MR) is 73.2 cm³/mol. The van der Waals surface area contributed by atoms with Crippen molar-refractivity contribution >= 4 is 12.1 Å². The zero-order chi connectivity index (χ0) is 15.0. The van der Waals surface area contributed by atoms with E-state index in [0.717, 1.165) is 25.9 Å². The summed E-state index contributed by atoms with van der Waals surface area (Å²) in [6, 6.07) is -0.197. The Bertz CT molecular complexity index is 396. The second-order valence-corrected chi connectivity index (χ2v) is 6.75. The van der Waals surface area contributed by atoms with Gasteiger partial charge in [0, 0.05) is 18.0 Å². The van der Waals surface area contributed by atoms with Crippen LogP contribution in [0.2, 0.25) is 0 Å². The van der Waals surface area contributed by atoms with Crippen LogP contribution in [-0.4, -0.2) is 43.9 Å². The second-order valence-electron chi connectivity index (χ2n) is 6.75. The molecule has 3 atom stereocenters. The van der Waals surface area contributed by atoms with Gasteiger partial charge in [-0.15, -0.1) is 0 Å². The molecule has 2 aliphatic rings. The minimum Gasteiger partial charge on any atom is -0.469 e. The zero-order valence-electron chi connectivity index (χ0n) is 12.6. The predicted octanol–water partition coefficient (Wildman–Crippen LogP) is 1.05. The molecule has 1 heterocycles.